The molecule has 0 aliphatic heterocycles. The topological polar surface area (TPSA) is 29.3 Å². The highest BCUT2D eigenvalue weighted by molar-refractivity contribution is 7.80. The van der Waals surface area contributed by atoms with Crippen molar-refractivity contribution in [2.75, 3.05) is 11.9 Å². The van der Waals surface area contributed by atoms with E-state index in [2.05, 4.69) is 0 Å². The molecule has 0 saturated carbocycles. The molecule has 2 rings (SSSR count). The zero-order valence-corrected chi connectivity index (χ0v) is 11.8. The SMILES string of the molecule is CN(Cc1ccc(F)c(C(N)=S)c1)c1ccccc1F. The van der Waals surface area contributed by atoms with E-state index >= 15 is 0 Å². The molecule has 2 nitrogen and oxygen atoms in total. The zero-order valence-electron chi connectivity index (χ0n) is 10.9. The highest BCUT2D eigenvalue weighted by atomic mass is 32.1. The normalized spacial score (nSPS) is 10.3. The molecule has 2 aromatic carbocycles. The van der Waals surface area contributed by atoms with Crippen LogP contribution in [-0.2, 0) is 6.54 Å². The maximum absolute atomic E-state index is 13.7. The lowest BCUT2D eigenvalue weighted by atomic mass is 10.1. The average Bonchev–Trinajstić information content (AvgIpc) is 2.41. The Bertz CT molecular complexity index is 644. The van der Waals surface area contributed by atoms with Gasteiger partial charge in [-0.1, -0.05) is 30.4 Å². The van der Waals surface area contributed by atoms with Gasteiger partial charge in [0.25, 0.3) is 0 Å². The molecule has 0 heterocycles. The molecule has 0 aliphatic carbocycles. The third-order valence-electron chi connectivity index (χ3n) is 2.98. The van der Waals surface area contributed by atoms with Gasteiger partial charge in [0.2, 0.25) is 0 Å². The van der Waals surface area contributed by atoms with Gasteiger partial charge in [-0.05, 0) is 29.8 Å². The molecule has 0 saturated heterocycles. The van der Waals surface area contributed by atoms with E-state index in [9.17, 15) is 8.78 Å². The summed E-state index contributed by atoms with van der Waals surface area (Å²) in [4.78, 5) is 1.75. The van der Waals surface area contributed by atoms with Crippen LogP contribution in [0.15, 0.2) is 42.5 Å². The summed E-state index contributed by atoms with van der Waals surface area (Å²) >= 11 is 4.80. The molecule has 5 heteroatoms. The van der Waals surface area contributed by atoms with Crippen LogP contribution in [0.5, 0.6) is 0 Å². The predicted molar refractivity (Wildman–Crippen MR) is 80.8 cm³/mol. The van der Waals surface area contributed by atoms with Gasteiger partial charge in [-0.2, -0.15) is 0 Å². The van der Waals surface area contributed by atoms with Gasteiger partial charge in [0.1, 0.15) is 16.6 Å². The Hall–Kier alpha value is -2.01. The van der Waals surface area contributed by atoms with E-state index < -0.39 is 5.82 Å². The molecule has 0 radical (unpaired) electrons. The monoisotopic (exact) mass is 292 g/mol. The molecule has 2 N–H and O–H groups in total. The number of nitrogens with two attached hydrogens (primary N) is 1. The minimum absolute atomic E-state index is 0.0119. The van der Waals surface area contributed by atoms with Gasteiger partial charge in [0.15, 0.2) is 0 Å². The van der Waals surface area contributed by atoms with Gasteiger partial charge in [-0.3, -0.25) is 0 Å². The lowest BCUT2D eigenvalue weighted by Gasteiger charge is -2.20. The van der Waals surface area contributed by atoms with Crippen LogP contribution in [0.1, 0.15) is 11.1 Å². The van der Waals surface area contributed by atoms with Gasteiger partial charge < -0.3 is 10.6 Å². The van der Waals surface area contributed by atoms with Gasteiger partial charge in [-0.15, -0.1) is 0 Å². The maximum atomic E-state index is 13.7. The van der Waals surface area contributed by atoms with Crippen LogP contribution >= 0.6 is 12.2 Å². The van der Waals surface area contributed by atoms with Gasteiger partial charge in [-0.25, -0.2) is 8.78 Å². The van der Waals surface area contributed by atoms with E-state index in [0.717, 1.165) is 5.56 Å². The van der Waals surface area contributed by atoms with E-state index in [1.165, 1.54) is 12.1 Å². The molecular formula is C15H14F2N2S. The van der Waals surface area contributed by atoms with Crippen LogP contribution in [0.25, 0.3) is 0 Å². The van der Waals surface area contributed by atoms with Crippen LogP contribution in [0.3, 0.4) is 0 Å². The summed E-state index contributed by atoms with van der Waals surface area (Å²) in [6, 6.07) is 11.0. The summed E-state index contributed by atoms with van der Waals surface area (Å²) < 4.78 is 27.2. The van der Waals surface area contributed by atoms with E-state index in [-0.39, 0.29) is 16.4 Å². The Labute approximate surface area is 121 Å². The Morgan fingerprint density at radius 2 is 1.85 bits per heavy atom. The van der Waals surface area contributed by atoms with Crippen LogP contribution in [0, 0.1) is 11.6 Å². The fourth-order valence-corrected chi connectivity index (χ4v) is 2.14. The standard InChI is InChI=1S/C15H14F2N2S/c1-19(14-5-3-2-4-13(14)17)9-10-6-7-12(16)11(8-10)15(18)20/h2-8H,9H2,1H3,(H2,18,20). The molecular weight excluding hydrogens is 278 g/mol. The highest BCUT2D eigenvalue weighted by Gasteiger charge is 2.10. The first kappa shape index (κ1) is 14.4. The number of hydrogen-bond acceptors (Lipinski definition) is 2. The van der Waals surface area contributed by atoms with Crippen molar-refractivity contribution in [1.29, 1.82) is 0 Å². The fourth-order valence-electron chi connectivity index (χ4n) is 1.98. The summed E-state index contributed by atoms with van der Waals surface area (Å²) in [5, 5.41) is 0. The Morgan fingerprint density at radius 3 is 2.50 bits per heavy atom. The molecule has 0 spiro atoms. The number of rotatable bonds is 4. The van der Waals surface area contributed by atoms with Crippen molar-refractivity contribution in [3.8, 4) is 0 Å². The summed E-state index contributed by atoms with van der Waals surface area (Å²) in [6.45, 7) is 0.427. The predicted octanol–water partition coefficient (Wildman–Crippen LogP) is 3.24. The smallest absolute Gasteiger partial charge is 0.146 e. The largest absolute Gasteiger partial charge is 0.389 e. The van der Waals surface area contributed by atoms with Crippen molar-refractivity contribution in [3.63, 3.8) is 0 Å². The number of anilines is 1. The minimum Gasteiger partial charge on any atom is -0.389 e. The summed E-state index contributed by atoms with van der Waals surface area (Å²) in [5.74, 6) is -0.749. The van der Waals surface area contributed by atoms with E-state index in [1.54, 1.807) is 42.3 Å². The van der Waals surface area contributed by atoms with Crippen molar-refractivity contribution in [1.82, 2.24) is 0 Å². The third-order valence-corrected chi connectivity index (χ3v) is 3.20. The number of para-hydroxylation sites is 1. The summed E-state index contributed by atoms with van der Waals surface area (Å²) in [6.07, 6.45) is 0. The molecule has 20 heavy (non-hydrogen) atoms. The van der Waals surface area contributed by atoms with E-state index in [0.29, 0.717) is 12.2 Å². The van der Waals surface area contributed by atoms with Gasteiger partial charge in [0.05, 0.1) is 5.69 Å². The fraction of sp³-hybridized carbons (Fsp3) is 0.133. The van der Waals surface area contributed by atoms with Crippen LogP contribution in [0.4, 0.5) is 14.5 Å². The maximum Gasteiger partial charge on any atom is 0.146 e. The van der Waals surface area contributed by atoms with Crippen LogP contribution < -0.4 is 10.6 Å². The zero-order chi connectivity index (χ0) is 14.7. The van der Waals surface area contributed by atoms with Crippen molar-refractivity contribution in [2.24, 2.45) is 5.73 Å². The molecule has 104 valence electrons. The lowest BCUT2D eigenvalue weighted by molar-refractivity contribution is 0.620. The number of halogens is 2. The van der Waals surface area contributed by atoms with E-state index in [1.807, 2.05) is 0 Å². The van der Waals surface area contributed by atoms with Crippen molar-refractivity contribution >= 4 is 22.9 Å². The third kappa shape index (κ3) is 3.11. The van der Waals surface area contributed by atoms with Crippen LogP contribution in [0.2, 0.25) is 0 Å². The van der Waals surface area contributed by atoms with Gasteiger partial charge >= 0.3 is 0 Å². The molecule has 0 amide bonds. The van der Waals surface area contributed by atoms with Gasteiger partial charge in [0, 0.05) is 19.2 Å². The first-order valence-electron chi connectivity index (χ1n) is 6.03. The second-order valence-corrected chi connectivity index (χ2v) is 4.93. The van der Waals surface area contributed by atoms with Crippen molar-refractivity contribution < 1.29 is 8.78 Å². The quantitative estimate of drug-likeness (QED) is 0.877. The molecule has 0 aromatic heterocycles. The Kier molecular flexibility index (Phi) is 4.29. The Balaban J connectivity index is 2.24. The average molecular weight is 292 g/mol. The first-order valence-corrected chi connectivity index (χ1v) is 6.43. The molecule has 0 unspecified atom stereocenters. The van der Waals surface area contributed by atoms with Crippen molar-refractivity contribution in [3.05, 3.63) is 65.2 Å². The molecule has 0 bridgehead atoms. The van der Waals surface area contributed by atoms with Crippen LogP contribution in [-0.4, -0.2) is 12.0 Å². The number of thiocarbonyl (C=S) groups is 1. The first-order chi connectivity index (χ1) is 9.49. The second-order valence-electron chi connectivity index (χ2n) is 4.49. The molecule has 0 atom stereocenters. The highest BCUT2D eigenvalue weighted by Crippen LogP contribution is 2.20. The molecule has 0 aliphatic rings. The molecule has 0 fully saturated rings. The number of nitrogens with zero attached hydrogens (tertiary/aromatic N) is 1. The summed E-state index contributed by atoms with van der Waals surface area (Å²) in [7, 11) is 1.77. The van der Waals surface area contributed by atoms with E-state index in [4.69, 9.17) is 18.0 Å². The number of hydrogen-bond donors (Lipinski definition) is 1. The minimum atomic E-state index is -0.449. The second kappa shape index (κ2) is 5.96. The lowest BCUT2D eigenvalue weighted by Crippen LogP contribution is -2.19. The van der Waals surface area contributed by atoms with Crippen molar-refractivity contribution in [2.45, 2.75) is 6.54 Å². The molecule has 2 aromatic rings. The summed E-state index contributed by atoms with van der Waals surface area (Å²) in [5.41, 5.74) is 6.96. The number of benzene rings is 2. The Morgan fingerprint density at radius 1 is 1.15 bits per heavy atom.